The van der Waals surface area contributed by atoms with E-state index in [1.807, 2.05) is 11.8 Å². The van der Waals surface area contributed by atoms with Gasteiger partial charge >= 0.3 is 0 Å². The predicted molar refractivity (Wildman–Crippen MR) is 65.9 cm³/mol. The van der Waals surface area contributed by atoms with Crippen LogP contribution in [0.15, 0.2) is 0 Å². The van der Waals surface area contributed by atoms with Gasteiger partial charge in [0.15, 0.2) is 0 Å². The van der Waals surface area contributed by atoms with Crippen LogP contribution >= 0.6 is 11.8 Å². The number of hydrogen-bond acceptors (Lipinski definition) is 3. The lowest BCUT2D eigenvalue weighted by Gasteiger charge is -2.29. The number of nitrogens with zero attached hydrogens (tertiary/aromatic N) is 1. The van der Waals surface area contributed by atoms with E-state index in [-0.39, 0.29) is 0 Å². The van der Waals surface area contributed by atoms with Crippen LogP contribution in [0, 0.1) is 0 Å². The zero-order valence-electron chi connectivity index (χ0n) is 9.37. The van der Waals surface area contributed by atoms with Crippen molar-refractivity contribution in [1.29, 1.82) is 0 Å². The van der Waals surface area contributed by atoms with Crippen molar-refractivity contribution in [2.24, 2.45) is 5.73 Å². The van der Waals surface area contributed by atoms with Gasteiger partial charge in [0, 0.05) is 12.6 Å². The second-order valence-corrected chi connectivity index (χ2v) is 5.11. The molecule has 3 heteroatoms. The van der Waals surface area contributed by atoms with Crippen LogP contribution in [0.25, 0.3) is 0 Å². The Labute approximate surface area is 92.6 Å². The normalized spacial score (nSPS) is 21.9. The van der Waals surface area contributed by atoms with Crippen molar-refractivity contribution >= 4 is 11.8 Å². The molecule has 0 spiro atoms. The van der Waals surface area contributed by atoms with Gasteiger partial charge in [-0.3, -0.25) is 4.90 Å². The Hall–Kier alpha value is 0.270. The van der Waals surface area contributed by atoms with Crippen molar-refractivity contribution in [1.82, 2.24) is 4.90 Å². The third kappa shape index (κ3) is 4.20. The molecular formula is C11H24N2S. The van der Waals surface area contributed by atoms with E-state index in [0.29, 0.717) is 6.04 Å². The Bertz CT molecular complexity index is 133. The number of nitrogens with two attached hydrogens (primary N) is 1. The molecule has 0 radical (unpaired) electrons. The van der Waals surface area contributed by atoms with Gasteiger partial charge in [-0.25, -0.2) is 0 Å². The van der Waals surface area contributed by atoms with E-state index in [0.717, 1.165) is 6.54 Å². The van der Waals surface area contributed by atoms with Crippen molar-refractivity contribution in [2.45, 2.75) is 38.1 Å². The molecule has 0 saturated carbocycles. The fraction of sp³-hybridized carbons (Fsp3) is 1.00. The van der Waals surface area contributed by atoms with E-state index in [2.05, 4.69) is 11.2 Å². The molecule has 0 bridgehead atoms. The SMILES string of the molecule is CSCCC(CN)N1CCCCCC1. The summed E-state index contributed by atoms with van der Waals surface area (Å²) in [5.74, 6) is 1.25. The molecule has 1 atom stereocenters. The second-order valence-electron chi connectivity index (χ2n) is 4.12. The van der Waals surface area contributed by atoms with E-state index >= 15 is 0 Å². The molecule has 1 saturated heterocycles. The van der Waals surface area contributed by atoms with Crippen LogP contribution in [0.2, 0.25) is 0 Å². The van der Waals surface area contributed by atoms with Gasteiger partial charge in [0.25, 0.3) is 0 Å². The summed E-state index contributed by atoms with van der Waals surface area (Å²) in [5.41, 5.74) is 5.84. The highest BCUT2D eigenvalue weighted by atomic mass is 32.2. The third-order valence-electron chi connectivity index (χ3n) is 3.08. The molecule has 1 heterocycles. The standard InChI is InChI=1S/C11H24N2S/c1-14-9-6-11(10-12)13-7-4-2-3-5-8-13/h11H,2-10,12H2,1H3. The minimum absolute atomic E-state index is 0.639. The zero-order valence-corrected chi connectivity index (χ0v) is 10.2. The molecule has 1 unspecified atom stereocenters. The smallest absolute Gasteiger partial charge is 0.0226 e. The maximum absolute atomic E-state index is 5.84. The summed E-state index contributed by atoms with van der Waals surface area (Å²) in [6.45, 7) is 3.38. The Morgan fingerprint density at radius 3 is 2.36 bits per heavy atom. The first-order chi connectivity index (χ1) is 6.88. The van der Waals surface area contributed by atoms with Crippen LogP contribution in [0.1, 0.15) is 32.1 Å². The van der Waals surface area contributed by atoms with E-state index in [1.165, 1.54) is 50.9 Å². The fourth-order valence-corrected chi connectivity index (χ4v) is 2.67. The highest BCUT2D eigenvalue weighted by Crippen LogP contribution is 2.14. The quantitative estimate of drug-likeness (QED) is 0.761. The fourth-order valence-electron chi connectivity index (χ4n) is 2.16. The lowest BCUT2D eigenvalue weighted by molar-refractivity contribution is 0.204. The van der Waals surface area contributed by atoms with Gasteiger partial charge in [-0.15, -0.1) is 0 Å². The molecule has 1 aliphatic rings. The van der Waals surface area contributed by atoms with Crippen molar-refractivity contribution in [2.75, 3.05) is 31.6 Å². The molecule has 1 aliphatic heterocycles. The summed E-state index contributed by atoms with van der Waals surface area (Å²) in [6.07, 6.45) is 9.01. The van der Waals surface area contributed by atoms with Crippen molar-refractivity contribution in [3.63, 3.8) is 0 Å². The monoisotopic (exact) mass is 216 g/mol. The zero-order chi connectivity index (χ0) is 10.2. The third-order valence-corrected chi connectivity index (χ3v) is 3.73. The summed E-state index contributed by atoms with van der Waals surface area (Å²) in [7, 11) is 0. The lowest BCUT2D eigenvalue weighted by Crippen LogP contribution is -2.41. The minimum atomic E-state index is 0.639. The molecule has 1 rings (SSSR count). The van der Waals surface area contributed by atoms with Gasteiger partial charge in [0.2, 0.25) is 0 Å². The average Bonchev–Trinajstić information content (AvgIpc) is 2.48. The summed E-state index contributed by atoms with van der Waals surface area (Å²) >= 11 is 1.93. The summed E-state index contributed by atoms with van der Waals surface area (Å²) < 4.78 is 0. The predicted octanol–water partition coefficient (Wildman–Crippen LogP) is 1.94. The molecule has 14 heavy (non-hydrogen) atoms. The molecular weight excluding hydrogens is 192 g/mol. The number of rotatable bonds is 5. The Kier molecular flexibility index (Phi) is 6.65. The second kappa shape index (κ2) is 7.55. The van der Waals surface area contributed by atoms with Gasteiger partial charge < -0.3 is 5.73 Å². The van der Waals surface area contributed by atoms with E-state index < -0.39 is 0 Å². The molecule has 84 valence electrons. The first kappa shape index (κ1) is 12.3. The molecule has 0 aliphatic carbocycles. The maximum Gasteiger partial charge on any atom is 0.0226 e. The van der Waals surface area contributed by atoms with Crippen molar-refractivity contribution in [3.05, 3.63) is 0 Å². The highest BCUT2D eigenvalue weighted by molar-refractivity contribution is 7.98. The average molecular weight is 216 g/mol. The first-order valence-corrected chi connectivity index (χ1v) is 7.21. The van der Waals surface area contributed by atoms with Crippen LogP contribution < -0.4 is 5.73 Å². The Balaban J connectivity index is 2.32. The van der Waals surface area contributed by atoms with Crippen LogP contribution in [0.4, 0.5) is 0 Å². The van der Waals surface area contributed by atoms with E-state index in [9.17, 15) is 0 Å². The van der Waals surface area contributed by atoms with Crippen molar-refractivity contribution < 1.29 is 0 Å². The minimum Gasteiger partial charge on any atom is -0.329 e. The number of thioether (sulfide) groups is 1. The van der Waals surface area contributed by atoms with Crippen molar-refractivity contribution in [3.8, 4) is 0 Å². The Morgan fingerprint density at radius 1 is 1.21 bits per heavy atom. The summed E-state index contributed by atoms with van der Waals surface area (Å²) in [4.78, 5) is 2.61. The molecule has 1 fully saturated rings. The topological polar surface area (TPSA) is 29.3 Å². The first-order valence-electron chi connectivity index (χ1n) is 5.81. The highest BCUT2D eigenvalue weighted by Gasteiger charge is 2.17. The molecule has 0 amide bonds. The van der Waals surface area contributed by atoms with E-state index in [4.69, 9.17) is 5.73 Å². The van der Waals surface area contributed by atoms with Gasteiger partial charge in [0.1, 0.15) is 0 Å². The van der Waals surface area contributed by atoms with Crippen LogP contribution in [0.5, 0.6) is 0 Å². The Morgan fingerprint density at radius 2 is 1.86 bits per heavy atom. The molecule has 0 aromatic carbocycles. The summed E-state index contributed by atoms with van der Waals surface area (Å²) in [6, 6.07) is 0.639. The summed E-state index contributed by atoms with van der Waals surface area (Å²) in [5, 5.41) is 0. The molecule has 0 aromatic rings. The van der Waals surface area contributed by atoms with Crippen LogP contribution in [-0.2, 0) is 0 Å². The van der Waals surface area contributed by atoms with Crippen LogP contribution in [-0.4, -0.2) is 42.6 Å². The van der Waals surface area contributed by atoms with Crippen LogP contribution in [0.3, 0.4) is 0 Å². The molecule has 2 nitrogen and oxygen atoms in total. The number of hydrogen-bond donors (Lipinski definition) is 1. The van der Waals surface area contributed by atoms with Gasteiger partial charge in [-0.1, -0.05) is 12.8 Å². The van der Waals surface area contributed by atoms with E-state index in [1.54, 1.807) is 0 Å². The lowest BCUT2D eigenvalue weighted by atomic mass is 10.2. The largest absolute Gasteiger partial charge is 0.329 e. The molecule has 2 N–H and O–H groups in total. The van der Waals surface area contributed by atoms with Gasteiger partial charge in [-0.2, -0.15) is 11.8 Å². The van der Waals surface area contributed by atoms with Gasteiger partial charge in [-0.05, 0) is 44.4 Å². The maximum atomic E-state index is 5.84. The van der Waals surface area contributed by atoms with Gasteiger partial charge in [0.05, 0.1) is 0 Å². The number of likely N-dealkylation sites (tertiary alicyclic amines) is 1. The molecule has 0 aromatic heterocycles.